The van der Waals surface area contributed by atoms with E-state index in [4.69, 9.17) is 4.74 Å². The highest BCUT2D eigenvalue weighted by molar-refractivity contribution is 7.09. The predicted octanol–water partition coefficient (Wildman–Crippen LogP) is 1.46. The molecule has 140 valence electrons. The van der Waals surface area contributed by atoms with Crippen molar-refractivity contribution in [2.75, 3.05) is 13.2 Å². The molecule has 8 nitrogen and oxygen atoms in total. The number of aromatic nitrogens is 3. The SMILES string of the molecule is O=C(COc1ccccc1)NCCn1cc(C(=O)NCc2cccs2)nn1. The molecule has 9 heteroatoms. The van der Waals surface area contributed by atoms with Gasteiger partial charge < -0.3 is 15.4 Å². The van der Waals surface area contributed by atoms with E-state index in [1.54, 1.807) is 29.7 Å². The third-order valence-electron chi connectivity index (χ3n) is 3.55. The fourth-order valence-electron chi connectivity index (χ4n) is 2.21. The second-order valence-corrected chi connectivity index (χ2v) is 6.61. The summed E-state index contributed by atoms with van der Waals surface area (Å²) in [5.41, 5.74) is 0.241. The van der Waals surface area contributed by atoms with Gasteiger partial charge in [-0.25, -0.2) is 4.68 Å². The summed E-state index contributed by atoms with van der Waals surface area (Å²) in [6.45, 7) is 1.16. The molecule has 2 heterocycles. The first kappa shape index (κ1) is 18.6. The number of carbonyl (C=O) groups excluding carboxylic acids is 2. The fourth-order valence-corrected chi connectivity index (χ4v) is 2.85. The van der Waals surface area contributed by atoms with Crippen molar-refractivity contribution in [3.05, 3.63) is 64.6 Å². The van der Waals surface area contributed by atoms with E-state index in [0.717, 1.165) is 4.88 Å². The standard InChI is InChI=1S/C18H19N5O3S/c24-17(13-26-14-5-2-1-3-6-14)19-8-9-23-12-16(21-22-23)18(25)20-11-15-7-4-10-27-15/h1-7,10,12H,8-9,11,13H2,(H,19,24)(H,20,25). The van der Waals surface area contributed by atoms with Crippen LogP contribution in [0.5, 0.6) is 5.75 Å². The summed E-state index contributed by atoms with van der Waals surface area (Å²) >= 11 is 1.58. The molecule has 2 N–H and O–H groups in total. The minimum atomic E-state index is -0.282. The molecule has 0 fully saturated rings. The number of nitrogens with one attached hydrogen (secondary N) is 2. The Balaban J connectivity index is 1.36. The first-order chi connectivity index (χ1) is 13.2. The lowest BCUT2D eigenvalue weighted by molar-refractivity contribution is -0.123. The molecule has 0 aliphatic heterocycles. The van der Waals surface area contributed by atoms with Crippen molar-refractivity contribution in [1.29, 1.82) is 0 Å². The van der Waals surface area contributed by atoms with Crippen molar-refractivity contribution < 1.29 is 14.3 Å². The molecule has 0 saturated heterocycles. The van der Waals surface area contributed by atoms with Crippen molar-refractivity contribution in [2.24, 2.45) is 0 Å². The molecule has 1 aromatic carbocycles. The van der Waals surface area contributed by atoms with E-state index in [0.29, 0.717) is 25.4 Å². The van der Waals surface area contributed by atoms with E-state index in [1.807, 2.05) is 35.7 Å². The molecule has 3 aromatic rings. The lowest BCUT2D eigenvalue weighted by Crippen LogP contribution is -2.31. The molecule has 2 aromatic heterocycles. The molecular formula is C18H19N5O3S. The lowest BCUT2D eigenvalue weighted by Gasteiger charge is -2.07. The third kappa shape index (κ3) is 5.93. The van der Waals surface area contributed by atoms with Crippen molar-refractivity contribution in [3.8, 4) is 5.75 Å². The van der Waals surface area contributed by atoms with Crippen LogP contribution in [-0.4, -0.2) is 40.0 Å². The minimum Gasteiger partial charge on any atom is -0.484 e. The van der Waals surface area contributed by atoms with Crippen LogP contribution in [0.25, 0.3) is 0 Å². The normalized spacial score (nSPS) is 10.4. The van der Waals surface area contributed by atoms with Crippen LogP contribution in [0.1, 0.15) is 15.4 Å². The number of ether oxygens (including phenoxy) is 1. The van der Waals surface area contributed by atoms with E-state index >= 15 is 0 Å². The second kappa shape index (κ2) is 9.48. The van der Waals surface area contributed by atoms with Gasteiger partial charge >= 0.3 is 0 Å². The number of hydrogen-bond donors (Lipinski definition) is 2. The van der Waals surface area contributed by atoms with Crippen LogP contribution in [0.2, 0.25) is 0 Å². The molecule has 0 aliphatic rings. The Labute approximate surface area is 160 Å². The van der Waals surface area contributed by atoms with Gasteiger partial charge in [0.2, 0.25) is 0 Å². The van der Waals surface area contributed by atoms with Crippen LogP contribution in [0.4, 0.5) is 0 Å². The summed E-state index contributed by atoms with van der Waals surface area (Å²) in [5.74, 6) is 0.130. The zero-order valence-electron chi connectivity index (χ0n) is 14.5. The van der Waals surface area contributed by atoms with Gasteiger partial charge in [-0.3, -0.25) is 9.59 Å². The maximum absolute atomic E-state index is 12.0. The maximum atomic E-state index is 12.0. The van der Waals surface area contributed by atoms with Crippen molar-refractivity contribution in [3.63, 3.8) is 0 Å². The quantitative estimate of drug-likeness (QED) is 0.581. The number of nitrogens with zero attached hydrogens (tertiary/aromatic N) is 3. The van der Waals surface area contributed by atoms with Crippen LogP contribution in [0, 0.1) is 0 Å². The number of rotatable bonds is 9. The van der Waals surface area contributed by atoms with E-state index in [-0.39, 0.29) is 24.1 Å². The van der Waals surface area contributed by atoms with Crippen LogP contribution in [0.3, 0.4) is 0 Å². The number of benzene rings is 1. The molecule has 2 amide bonds. The van der Waals surface area contributed by atoms with Gasteiger partial charge in [-0.1, -0.05) is 29.5 Å². The Morgan fingerprint density at radius 3 is 2.74 bits per heavy atom. The van der Waals surface area contributed by atoms with Gasteiger partial charge in [-0.05, 0) is 23.6 Å². The monoisotopic (exact) mass is 385 g/mol. The van der Waals surface area contributed by atoms with E-state index < -0.39 is 0 Å². The summed E-state index contributed by atoms with van der Waals surface area (Å²) in [6, 6.07) is 13.0. The van der Waals surface area contributed by atoms with Gasteiger partial charge in [0.15, 0.2) is 12.3 Å². The summed E-state index contributed by atoms with van der Waals surface area (Å²) in [6.07, 6.45) is 1.55. The summed E-state index contributed by atoms with van der Waals surface area (Å²) in [4.78, 5) is 24.9. The molecule has 0 radical (unpaired) electrons. The highest BCUT2D eigenvalue weighted by Gasteiger charge is 2.11. The van der Waals surface area contributed by atoms with Crippen molar-refractivity contribution >= 4 is 23.2 Å². The molecule has 3 rings (SSSR count). The number of carbonyl (C=O) groups is 2. The minimum absolute atomic E-state index is 0.0578. The Bertz CT molecular complexity index is 864. The third-order valence-corrected chi connectivity index (χ3v) is 4.43. The van der Waals surface area contributed by atoms with E-state index in [1.165, 1.54) is 4.68 Å². The Morgan fingerprint density at radius 1 is 1.11 bits per heavy atom. The highest BCUT2D eigenvalue weighted by atomic mass is 32.1. The molecule has 27 heavy (non-hydrogen) atoms. The highest BCUT2D eigenvalue weighted by Crippen LogP contribution is 2.08. The molecule has 0 bridgehead atoms. The largest absolute Gasteiger partial charge is 0.484 e. The van der Waals surface area contributed by atoms with Crippen LogP contribution >= 0.6 is 11.3 Å². The maximum Gasteiger partial charge on any atom is 0.273 e. The molecular weight excluding hydrogens is 366 g/mol. The number of amides is 2. The van der Waals surface area contributed by atoms with Gasteiger partial charge in [0.25, 0.3) is 11.8 Å². The topological polar surface area (TPSA) is 98.1 Å². The predicted molar refractivity (Wildman–Crippen MR) is 100 cm³/mol. The molecule has 0 saturated carbocycles. The molecule has 0 unspecified atom stereocenters. The Hall–Kier alpha value is -3.20. The molecule has 0 atom stereocenters. The molecule has 0 spiro atoms. The smallest absolute Gasteiger partial charge is 0.273 e. The summed E-state index contributed by atoms with van der Waals surface area (Å²) in [5, 5.41) is 15.2. The number of thiophene rings is 1. The average molecular weight is 385 g/mol. The van der Waals surface area contributed by atoms with E-state index in [2.05, 4.69) is 20.9 Å². The number of hydrogen-bond acceptors (Lipinski definition) is 6. The van der Waals surface area contributed by atoms with Crippen molar-refractivity contribution in [2.45, 2.75) is 13.1 Å². The second-order valence-electron chi connectivity index (χ2n) is 5.58. The lowest BCUT2D eigenvalue weighted by atomic mass is 10.3. The zero-order valence-corrected chi connectivity index (χ0v) is 15.3. The first-order valence-corrected chi connectivity index (χ1v) is 9.24. The van der Waals surface area contributed by atoms with Crippen LogP contribution in [0.15, 0.2) is 54.0 Å². The van der Waals surface area contributed by atoms with Gasteiger partial charge in [-0.15, -0.1) is 16.4 Å². The molecule has 0 aliphatic carbocycles. The Kier molecular flexibility index (Phi) is 6.53. The average Bonchev–Trinajstić information content (AvgIpc) is 3.37. The van der Waals surface area contributed by atoms with E-state index in [9.17, 15) is 9.59 Å². The van der Waals surface area contributed by atoms with Gasteiger partial charge in [0.1, 0.15) is 5.75 Å². The summed E-state index contributed by atoms with van der Waals surface area (Å²) < 4.78 is 6.88. The van der Waals surface area contributed by atoms with Crippen LogP contribution < -0.4 is 15.4 Å². The van der Waals surface area contributed by atoms with Crippen molar-refractivity contribution in [1.82, 2.24) is 25.6 Å². The van der Waals surface area contributed by atoms with Gasteiger partial charge in [0.05, 0.1) is 19.3 Å². The fraction of sp³-hybridized carbons (Fsp3) is 0.222. The Morgan fingerprint density at radius 2 is 1.96 bits per heavy atom. The number of para-hydroxylation sites is 1. The first-order valence-electron chi connectivity index (χ1n) is 8.36. The summed E-state index contributed by atoms with van der Waals surface area (Å²) in [7, 11) is 0. The zero-order chi connectivity index (χ0) is 18.9. The van der Waals surface area contributed by atoms with Crippen LogP contribution in [-0.2, 0) is 17.9 Å². The van der Waals surface area contributed by atoms with Gasteiger partial charge in [0, 0.05) is 11.4 Å². The van der Waals surface area contributed by atoms with Gasteiger partial charge in [-0.2, -0.15) is 0 Å².